The van der Waals surface area contributed by atoms with Gasteiger partial charge in [-0.15, -0.1) is 0 Å². The molecule has 6 heteroatoms. The molecule has 3 rings (SSSR count). The Morgan fingerprint density at radius 1 is 1.37 bits per heavy atom. The van der Waals surface area contributed by atoms with Gasteiger partial charge in [-0.1, -0.05) is 18.7 Å². The number of nitriles is 1. The van der Waals surface area contributed by atoms with Crippen LogP contribution in [0.15, 0.2) is 47.5 Å². The van der Waals surface area contributed by atoms with Crippen molar-refractivity contribution in [3.05, 3.63) is 64.4 Å². The van der Waals surface area contributed by atoms with E-state index in [4.69, 9.17) is 9.47 Å². The Balaban J connectivity index is 2.03. The maximum Gasteiger partial charge on any atom is 0.175 e. The molecule has 2 aromatic carbocycles. The number of ether oxygens (including phenoxy) is 2. The van der Waals surface area contributed by atoms with Gasteiger partial charge in [0.25, 0.3) is 0 Å². The minimum Gasteiger partial charge on any atom is -0.493 e. The lowest BCUT2D eigenvalue weighted by Crippen LogP contribution is -1.98. The van der Waals surface area contributed by atoms with Gasteiger partial charge in [0.2, 0.25) is 0 Å². The highest BCUT2D eigenvalue weighted by Gasteiger charge is 2.13. The number of imidazole rings is 1. The van der Waals surface area contributed by atoms with Crippen molar-refractivity contribution in [3.63, 3.8) is 0 Å². The zero-order valence-electron chi connectivity index (χ0n) is 15.0. The number of halogens is 1. The topological polar surface area (TPSA) is 70.9 Å². The number of nitrogens with one attached hydrogen (secondary N) is 1. The number of aryl methyl sites for hydroxylation is 1. The number of fused-ring (bicyclic) bond motifs is 1. The number of methoxy groups -OCH3 is 1. The highest BCUT2D eigenvalue weighted by molar-refractivity contribution is 9.10. The van der Waals surface area contributed by atoms with E-state index in [1.54, 1.807) is 19.3 Å². The van der Waals surface area contributed by atoms with Crippen molar-refractivity contribution in [3.8, 4) is 17.6 Å². The number of benzene rings is 2. The minimum absolute atomic E-state index is 0.367. The number of H-pyrrole nitrogens is 1. The van der Waals surface area contributed by atoms with Crippen LogP contribution in [0.2, 0.25) is 0 Å². The molecule has 0 saturated heterocycles. The number of rotatable bonds is 6. The molecular weight excluding hydrogens is 406 g/mol. The van der Waals surface area contributed by atoms with Gasteiger partial charge < -0.3 is 14.5 Å². The molecule has 0 spiro atoms. The van der Waals surface area contributed by atoms with Crippen LogP contribution in [0.1, 0.15) is 17.0 Å². The summed E-state index contributed by atoms with van der Waals surface area (Å²) in [7, 11) is 1.57. The van der Waals surface area contributed by atoms with Gasteiger partial charge in [-0.25, -0.2) is 4.98 Å². The normalized spacial score (nSPS) is 11.3. The summed E-state index contributed by atoms with van der Waals surface area (Å²) >= 11 is 3.50. The van der Waals surface area contributed by atoms with Crippen LogP contribution >= 0.6 is 15.9 Å². The molecule has 3 aromatic rings. The molecule has 1 aromatic heterocycles. The minimum atomic E-state index is 0.367. The van der Waals surface area contributed by atoms with Crippen molar-refractivity contribution in [2.45, 2.75) is 6.92 Å². The summed E-state index contributed by atoms with van der Waals surface area (Å²) in [6, 6.07) is 11.8. The molecule has 5 nitrogen and oxygen atoms in total. The number of hydrogen-bond donors (Lipinski definition) is 1. The van der Waals surface area contributed by atoms with Crippen LogP contribution in [-0.4, -0.2) is 23.7 Å². The second-order valence-electron chi connectivity index (χ2n) is 5.91. The van der Waals surface area contributed by atoms with E-state index >= 15 is 0 Å². The summed E-state index contributed by atoms with van der Waals surface area (Å²) in [6.45, 7) is 6.03. The number of hydrogen-bond acceptors (Lipinski definition) is 4. The molecule has 0 aliphatic heterocycles. The molecular formula is C21H18BrN3O2. The molecule has 27 heavy (non-hydrogen) atoms. The zero-order chi connectivity index (χ0) is 19.4. The average molecular weight is 424 g/mol. The van der Waals surface area contributed by atoms with Crippen LogP contribution in [0, 0.1) is 18.3 Å². The molecule has 0 radical (unpaired) electrons. The molecule has 0 atom stereocenters. The van der Waals surface area contributed by atoms with E-state index in [1.165, 1.54) is 0 Å². The van der Waals surface area contributed by atoms with Crippen molar-refractivity contribution < 1.29 is 9.47 Å². The molecule has 0 amide bonds. The summed E-state index contributed by atoms with van der Waals surface area (Å²) in [4.78, 5) is 7.73. The van der Waals surface area contributed by atoms with Crippen molar-refractivity contribution in [1.82, 2.24) is 9.97 Å². The third kappa shape index (κ3) is 4.04. The molecule has 0 aliphatic rings. The lowest BCUT2D eigenvalue weighted by atomic mass is 10.1. The lowest BCUT2D eigenvalue weighted by molar-refractivity contribution is 0.324. The first-order chi connectivity index (χ1) is 13.0. The van der Waals surface area contributed by atoms with Crippen molar-refractivity contribution in [2.75, 3.05) is 13.7 Å². The van der Waals surface area contributed by atoms with Crippen LogP contribution in [0.25, 0.3) is 22.7 Å². The maximum absolute atomic E-state index is 9.63. The van der Waals surface area contributed by atoms with E-state index < -0.39 is 0 Å². The van der Waals surface area contributed by atoms with Gasteiger partial charge in [-0.05, 0) is 64.3 Å². The molecule has 0 aliphatic carbocycles. The quantitative estimate of drug-likeness (QED) is 0.432. The van der Waals surface area contributed by atoms with E-state index in [1.807, 2.05) is 37.3 Å². The Morgan fingerprint density at radius 3 is 2.89 bits per heavy atom. The number of allylic oxidation sites excluding steroid dienone is 1. The second kappa shape index (κ2) is 8.11. The van der Waals surface area contributed by atoms with Gasteiger partial charge >= 0.3 is 0 Å². The van der Waals surface area contributed by atoms with Crippen molar-refractivity contribution >= 4 is 38.6 Å². The summed E-state index contributed by atoms with van der Waals surface area (Å²) < 4.78 is 11.8. The van der Waals surface area contributed by atoms with Crippen molar-refractivity contribution in [2.24, 2.45) is 0 Å². The van der Waals surface area contributed by atoms with Gasteiger partial charge in [0.05, 0.1) is 28.2 Å². The van der Waals surface area contributed by atoms with Crippen LogP contribution in [0.4, 0.5) is 0 Å². The monoisotopic (exact) mass is 423 g/mol. The Labute approximate surface area is 166 Å². The first kappa shape index (κ1) is 18.7. The number of aromatic amines is 1. The average Bonchev–Trinajstić information content (AvgIpc) is 3.07. The predicted octanol–water partition coefficient (Wildman–Crippen LogP) is 5.27. The second-order valence-corrected chi connectivity index (χ2v) is 6.76. The summed E-state index contributed by atoms with van der Waals surface area (Å²) in [5, 5.41) is 9.63. The summed E-state index contributed by atoms with van der Waals surface area (Å²) in [5.41, 5.74) is 4.07. The third-order valence-corrected chi connectivity index (χ3v) is 4.51. The summed E-state index contributed by atoms with van der Waals surface area (Å²) in [5.74, 6) is 1.68. The molecule has 0 fully saturated rings. The Hall–Kier alpha value is -3.04. The van der Waals surface area contributed by atoms with E-state index in [9.17, 15) is 5.26 Å². The van der Waals surface area contributed by atoms with Crippen LogP contribution in [0.3, 0.4) is 0 Å². The highest BCUT2D eigenvalue weighted by Crippen LogP contribution is 2.37. The lowest BCUT2D eigenvalue weighted by Gasteiger charge is -2.12. The third-order valence-electron chi connectivity index (χ3n) is 3.92. The first-order valence-corrected chi connectivity index (χ1v) is 9.04. The van der Waals surface area contributed by atoms with Gasteiger partial charge in [0.15, 0.2) is 11.5 Å². The van der Waals surface area contributed by atoms with Crippen LogP contribution in [-0.2, 0) is 0 Å². The molecule has 1 N–H and O–H groups in total. The fourth-order valence-corrected chi connectivity index (χ4v) is 3.25. The fourth-order valence-electron chi connectivity index (χ4n) is 2.68. The Kier molecular flexibility index (Phi) is 5.63. The molecule has 1 heterocycles. The standard InChI is InChI=1S/C21H18BrN3O2/c1-4-7-27-20-16(22)10-14(11-19(20)26-3)9-15(12-23)21-24-17-6-5-13(2)8-18(17)25-21/h4-6,8-11H,1,7H2,2-3H3,(H,24,25). The van der Waals surface area contributed by atoms with E-state index in [-0.39, 0.29) is 0 Å². The van der Waals surface area contributed by atoms with E-state index in [2.05, 4.69) is 38.5 Å². The van der Waals surface area contributed by atoms with E-state index in [0.29, 0.717) is 29.5 Å². The van der Waals surface area contributed by atoms with Gasteiger partial charge in [-0.3, -0.25) is 0 Å². The van der Waals surface area contributed by atoms with Crippen molar-refractivity contribution in [1.29, 1.82) is 5.26 Å². The van der Waals surface area contributed by atoms with Crippen LogP contribution < -0.4 is 9.47 Å². The SMILES string of the molecule is C=CCOc1c(Br)cc(C=C(C#N)c2nc3ccc(C)cc3[nH]2)cc1OC. The zero-order valence-corrected chi connectivity index (χ0v) is 16.6. The molecule has 0 unspecified atom stereocenters. The van der Waals surface area contributed by atoms with Crippen LogP contribution in [0.5, 0.6) is 11.5 Å². The Bertz CT molecular complexity index is 1080. The fraction of sp³-hybridized carbons (Fsp3) is 0.143. The smallest absolute Gasteiger partial charge is 0.175 e. The predicted molar refractivity (Wildman–Crippen MR) is 111 cm³/mol. The van der Waals surface area contributed by atoms with Gasteiger partial charge in [-0.2, -0.15) is 5.26 Å². The molecule has 136 valence electrons. The molecule has 0 bridgehead atoms. The maximum atomic E-state index is 9.63. The first-order valence-electron chi connectivity index (χ1n) is 8.25. The highest BCUT2D eigenvalue weighted by atomic mass is 79.9. The number of nitrogens with zero attached hydrogens (tertiary/aromatic N) is 2. The van der Waals surface area contributed by atoms with Gasteiger partial charge in [0, 0.05) is 0 Å². The Morgan fingerprint density at radius 2 is 2.19 bits per heavy atom. The molecule has 0 saturated carbocycles. The largest absolute Gasteiger partial charge is 0.493 e. The van der Waals surface area contributed by atoms with Gasteiger partial charge in [0.1, 0.15) is 18.5 Å². The van der Waals surface area contributed by atoms with E-state index in [0.717, 1.165) is 26.6 Å². The summed E-state index contributed by atoms with van der Waals surface area (Å²) in [6.07, 6.45) is 3.42. The number of aromatic nitrogens is 2.